The lowest BCUT2D eigenvalue weighted by molar-refractivity contribution is -0.134. The monoisotopic (exact) mass is 162 g/mol. The molecule has 0 aliphatic heterocycles. The van der Waals surface area contributed by atoms with E-state index in [-0.39, 0.29) is 6.10 Å². The van der Waals surface area contributed by atoms with Gasteiger partial charge in [-0.3, -0.25) is 4.79 Å². The number of unbranched alkanes of at least 4 members (excludes halogenated alkanes) is 1. The highest BCUT2D eigenvalue weighted by molar-refractivity contribution is 5.62. The molecule has 11 heavy (non-hydrogen) atoms. The van der Waals surface area contributed by atoms with Gasteiger partial charge < -0.3 is 10.2 Å². The Morgan fingerprint density at radius 2 is 1.91 bits per heavy atom. The van der Waals surface area contributed by atoms with Gasteiger partial charge in [-0.1, -0.05) is 19.8 Å². The molecular weight excluding hydrogens is 144 g/mol. The molecule has 0 saturated carbocycles. The number of aliphatic carboxylic acids is 1. The van der Waals surface area contributed by atoms with Crippen LogP contribution in [0.15, 0.2) is 0 Å². The third kappa shape index (κ3) is 44.2. The van der Waals surface area contributed by atoms with Gasteiger partial charge >= 0.3 is 0 Å². The van der Waals surface area contributed by atoms with E-state index >= 15 is 0 Å². The minimum atomic E-state index is -0.833. The number of carboxylic acid groups (broad SMARTS) is 1. The van der Waals surface area contributed by atoms with E-state index in [9.17, 15) is 0 Å². The van der Waals surface area contributed by atoms with Gasteiger partial charge in [-0.05, 0) is 13.3 Å². The molecule has 3 nitrogen and oxygen atoms in total. The predicted molar refractivity (Wildman–Crippen MR) is 44.5 cm³/mol. The number of rotatable bonds is 3. The number of hydrogen-bond donors (Lipinski definition) is 2. The topological polar surface area (TPSA) is 57.5 Å². The SMILES string of the molecule is CC(=O)O.CCCC[C@H](C)O. The quantitative estimate of drug-likeness (QED) is 0.663. The van der Waals surface area contributed by atoms with E-state index < -0.39 is 5.97 Å². The van der Waals surface area contributed by atoms with E-state index in [1.165, 1.54) is 6.42 Å². The zero-order chi connectivity index (χ0) is 9.28. The van der Waals surface area contributed by atoms with Crippen LogP contribution < -0.4 is 0 Å². The first-order valence-electron chi connectivity index (χ1n) is 3.88. The molecule has 0 radical (unpaired) electrons. The fourth-order valence-corrected chi connectivity index (χ4v) is 0.500. The van der Waals surface area contributed by atoms with Crippen LogP contribution in [0.25, 0.3) is 0 Å². The van der Waals surface area contributed by atoms with E-state index in [0.29, 0.717) is 0 Å². The summed E-state index contributed by atoms with van der Waals surface area (Å²) < 4.78 is 0. The first kappa shape index (κ1) is 13.1. The van der Waals surface area contributed by atoms with E-state index in [0.717, 1.165) is 19.8 Å². The number of hydrogen-bond acceptors (Lipinski definition) is 2. The van der Waals surface area contributed by atoms with Crippen LogP contribution in [-0.2, 0) is 4.79 Å². The molecular formula is C8H18O3. The molecule has 1 atom stereocenters. The van der Waals surface area contributed by atoms with Crippen molar-refractivity contribution in [2.75, 3.05) is 0 Å². The predicted octanol–water partition coefficient (Wildman–Crippen LogP) is 1.65. The summed E-state index contributed by atoms with van der Waals surface area (Å²) in [5.74, 6) is -0.833. The zero-order valence-corrected chi connectivity index (χ0v) is 7.50. The summed E-state index contributed by atoms with van der Waals surface area (Å²) in [7, 11) is 0. The Hall–Kier alpha value is -0.570. The normalized spacial score (nSPS) is 11.3. The molecule has 0 amide bonds. The van der Waals surface area contributed by atoms with Gasteiger partial charge in [0, 0.05) is 6.92 Å². The number of carbonyl (C=O) groups is 1. The third-order valence-electron chi connectivity index (χ3n) is 0.975. The lowest BCUT2D eigenvalue weighted by Crippen LogP contribution is -1.97. The van der Waals surface area contributed by atoms with Crippen molar-refractivity contribution in [3.05, 3.63) is 0 Å². The maximum absolute atomic E-state index is 9.00. The minimum absolute atomic E-state index is 0.0973. The molecule has 0 aromatic rings. The van der Waals surface area contributed by atoms with Crippen LogP contribution in [0.4, 0.5) is 0 Å². The van der Waals surface area contributed by atoms with Crippen molar-refractivity contribution in [1.29, 1.82) is 0 Å². The van der Waals surface area contributed by atoms with Gasteiger partial charge in [0.25, 0.3) is 5.97 Å². The highest BCUT2D eigenvalue weighted by Gasteiger charge is 1.90. The highest BCUT2D eigenvalue weighted by atomic mass is 16.4. The molecule has 68 valence electrons. The minimum Gasteiger partial charge on any atom is -0.481 e. The molecule has 0 rings (SSSR count). The second kappa shape index (κ2) is 9.43. The van der Waals surface area contributed by atoms with Gasteiger partial charge in [0.1, 0.15) is 0 Å². The van der Waals surface area contributed by atoms with Crippen molar-refractivity contribution in [1.82, 2.24) is 0 Å². The van der Waals surface area contributed by atoms with Gasteiger partial charge in [0.05, 0.1) is 6.10 Å². The summed E-state index contributed by atoms with van der Waals surface area (Å²) in [6, 6.07) is 0. The number of aliphatic hydroxyl groups is 1. The van der Waals surface area contributed by atoms with Crippen LogP contribution in [0.1, 0.15) is 40.0 Å². The van der Waals surface area contributed by atoms with Gasteiger partial charge in [-0.15, -0.1) is 0 Å². The average molecular weight is 162 g/mol. The summed E-state index contributed by atoms with van der Waals surface area (Å²) in [6.07, 6.45) is 3.19. The maximum Gasteiger partial charge on any atom is 0.300 e. The Morgan fingerprint density at radius 1 is 1.55 bits per heavy atom. The van der Waals surface area contributed by atoms with Crippen molar-refractivity contribution in [2.45, 2.75) is 46.1 Å². The molecule has 0 fully saturated rings. The fourth-order valence-electron chi connectivity index (χ4n) is 0.500. The summed E-state index contributed by atoms with van der Waals surface area (Å²) in [6.45, 7) is 5.04. The highest BCUT2D eigenvalue weighted by Crippen LogP contribution is 1.97. The van der Waals surface area contributed by atoms with E-state index in [1.54, 1.807) is 0 Å². The van der Waals surface area contributed by atoms with Crippen molar-refractivity contribution in [2.24, 2.45) is 0 Å². The van der Waals surface area contributed by atoms with E-state index in [1.807, 2.05) is 6.92 Å². The third-order valence-corrected chi connectivity index (χ3v) is 0.975. The molecule has 0 bridgehead atoms. The summed E-state index contributed by atoms with van der Waals surface area (Å²) in [5, 5.41) is 16.1. The molecule has 0 unspecified atom stereocenters. The maximum atomic E-state index is 9.00. The van der Waals surface area contributed by atoms with Crippen LogP contribution in [0.5, 0.6) is 0 Å². The van der Waals surface area contributed by atoms with Crippen LogP contribution in [0.2, 0.25) is 0 Å². The lowest BCUT2D eigenvalue weighted by atomic mass is 10.2. The first-order valence-corrected chi connectivity index (χ1v) is 3.88. The van der Waals surface area contributed by atoms with Crippen LogP contribution in [0.3, 0.4) is 0 Å². The summed E-state index contributed by atoms with van der Waals surface area (Å²) in [5.41, 5.74) is 0. The largest absolute Gasteiger partial charge is 0.481 e. The van der Waals surface area contributed by atoms with Gasteiger partial charge in [-0.2, -0.15) is 0 Å². The van der Waals surface area contributed by atoms with Gasteiger partial charge in [-0.25, -0.2) is 0 Å². The Kier molecular flexibility index (Phi) is 11.2. The van der Waals surface area contributed by atoms with E-state index in [4.69, 9.17) is 15.0 Å². The second-order valence-corrected chi connectivity index (χ2v) is 2.51. The van der Waals surface area contributed by atoms with Crippen molar-refractivity contribution < 1.29 is 15.0 Å². The smallest absolute Gasteiger partial charge is 0.300 e. The standard InChI is InChI=1S/C6H14O.C2H4O2/c1-3-4-5-6(2)7;1-2(3)4/h6-7H,3-5H2,1-2H3;1H3,(H,3,4)/t6-;/m0./s1. The molecule has 0 heterocycles. The Bertz CT molecular complexity index is 85.3. The molecule has 0 aromatic heterocycles. The van der Waals surface area contributed by atoms with Gasteiger partial charge in [0.15, 0.2) is 0 Å². The second-order valence-electron chi connectivity index (χ2n) is 2.51. The van der Waals surface area contributed by atoms with Crippen molar-refractivity contribution in [3.63, 3.8) is 0 Å². The molecule has 3 heteroatoms. The fraction of sp³-hybridized carbons (Fsp3) is 0.875. The molecule has 0 saturated heterocycles. The Balaban J connectivity index is 0. The number of aliphatic hydroxyl groups excluding tert-OH is 1. The lowest BCUT2D eigenvalue weighted by Gasteiger charge is -1.98. The van der Waals surface area contributed by atoms with Crippen molar-refractivity contribution in [3.8, 4) is 0 Å². The van der Waals surface area contributed by atoms with E-state index in [2.05, 4.69) is 6.92 Å². The van der Waals surface area contributed by atoms with Gasteiger partial charge in [0.2, 0.25) is 0 Å². The van der Waals surface area contributed by atoms with Crippen molar-refractivity contribution >= 4 is 5.97 Å². The summed E-state index contributed by atoms with van der Waals surface area (Å²) in [4.78, 5) is 9.00. The molecule has 0 aromatic carbocycles. The molecule has 0 spiro atoms. The molecule has 0 aliphatic rings. The Morgan fingerprint density at radius 3 is 2.00 bits per heavy atom. The number of carboxylic acids is 1. The average Bonchev–Trinajstić information content (AvgIpc) is 1.82. The Labute approximate surface area is 68.0 Å². The first-order chi connectivity index (χ1) is 5.00. The van der Waals surface area contributed by atoms with Crippen LogP contribution in [-0.4, -0.2) is 22.3 Å². The molecule has 0 aliphatic carbocycles. The summed E-state index contributed by atoms with van der Waals surface area (Å²) >= 11 is 0. The van der Waals surface area contributed by atoms with Crippen LogP contribution >= 0.6 is 0 Å². The zero-order valence-electron chi connectivity index (χ0n) is 7.50. The molecule has 2 N–H and O–H groups in total. The van der Waals surface area contributed by atoms with Crippen LogP contribution in [0, 0.1) is 0 Å².